The van der Waals surface area contributed by atoms with Crippen LogP contribution in [0.1, 0.15) is 39.0 Å². The molecule has 0 saturated heterocycles. The molecule has 3 rings (SSSR count). The minimum absolute atomic E-state index is 0.118. The molecule has 186 valence electrons. The molecule has 0 heterocycles. The monoisotopic (exact) mass is 476 g/mol. The number of rotatable bonds is 16. The van der Waals surface area contributed by atoms with E-state index < -0.39 is 0 Å². The van der Waals surface area contributed by atoms with E-state index in [0.717, 1.165) is 41.7 Å². The third-order valence-corrected chi connectivity index (χ3v) is 5.33. The van der Waals surface area contributed by atoms with Gasteiger partial charge in [0.25, 0.3) is 0 Å². The van der Waals surface area contributed by atoms with Crippen molar-refractivity contribution in [3.05, 3.63) is 78.9 Å². The second-order valence-electron chi connectivity index (χ2n) is 8.22. The van der Waals surface area contributed by atoms with E-state index in [1.54, 1.807) is 0 Å². The molecule has 0 unspecified atom stereocenters. The van der Waals surface area contributed by atoms with Crippen molar-refractivity contribution in [2.75, 3.05) is 37.0 Å². The summed E-state index contributed by atoms with van der Waals surface area (Å²) in [6, 6.07) is 24.6. The number of hydrogen-bond donors (Lipinski definition) is 2. The summed E-state index contributed by atoms with van der Waals surface area (Å²) < 4.78 is 17.1. The number of amides is 1. The van der Waals surface area contributed by atoms with E-state index in [9.17, 15) is 4.79 Å². The van der Waals surface area contributed by atoms with Crippen LogP contribution in [0.2, 0.25) is 0 Å². The van der Waals surface area contributed by atoms with E-state index in [2.05, 4.69) is 17.6 Å². The Kier molecular flexibility index (Phi) is 11.3. The van der Waals surface area contributed by atoms with Gasteiger partial charge in [0.05, 0.1) is 13.2 Å². The highest BCUT2D eigenvalue weighted by Crippen LogP contribution is 2.18. The Balaban J connectivity index is 1.29. The molecule has 0 radical (unpaired) electrons. The standard InChI is InChI=1S/C29H36N2O4/c1-2-3-4-5-9-20-33-27-18-14-25(15-19-27)31-29(32)23-30-24-12-16-28(17-13-24)35-22-21-34-26-10-7-6-8-11-26/h6-8,10-19,30H,2-5,9,20-23H2,1H3,(H,31,32). The lowest BCUT2D eigenvalue weighted by Gasteiger charge is -2.11. The van der Waals surface area contributed by atoms with Crippen LogP contribution in [0.4, 0.5) is 11.4 Å². The Morgan fingerprint density at radius 3 is 1.80 bits per heavy atom. The molecular weight excluding hydrogens is 440 g/mol. The van der Waals surface area contributed by atoms with Crippen molar-refractivity contribution in [1.29, 1.82) is 0 Å². The van der Waals surface area contributed by atoms with Crippen molar-refractivity contribution in [2.45, 2.75) is 39.0 Å². The van der Waals surface area contributed by atoms with Crippen LogP contribution in [-0.4, -0.2) is 32.3 Å². The third-order valence-electron chi connectivity index (χ3n) is 5.33. The summed E-state index contributed by atoms with van der Waals surface area (Å²) in [6.07, 6.45) is 6.07. The van der Waals surface area contributed by atoms with Gasteiger partial charge in [-0.15, -0.1) is 0 Å². The molecule has 3 aromatic rings. The van der Waals surface area contributed by atoms with Gasteiger partial charge in [-0.3, -0.25) is 4.79 Å². The van der Waals surface area contributed by atoms with Gasteiger partial charge in [0.2, 0.25) is 5.91 Å². The number of unbranched alkanes of at least 4 members (excludes halogenated alkanes) is 4. The molecule has 0 saturated carbocycles. The van der Waals surface area contributed by atoms with Gasteiger partial charge in [-0.05, 0) is 67.1 Å². The number of para-hydroxylation sites is 1. The molecule has 0 aliphatic rings. The normalized spacial score (nSPS) is 10.4. The smallest absolute Gasteiger partial charge is 0.243 e. The van der Waals surface area contributed by atoms with Crippen molar-refractivity contribution in [1.82, 2.24) is 0 Å². The Bertz CT molecular complexity index is 976. The lowest BCUT2D eigenvalue weighted by Crippen LogP contribution is -2.21. The Morgan fingerprint density at radius 1 is 0.629 bits per heavy atom. The first kappa shape index (κ1) is 25.9. The van der Waals surface area contributed by atoms with Crippen molar-refractivity contribution < 1.29 is 19.0 Å². The molecule has 0 atom stereocenters. The Hall–Kier alpha value is -3.67. The van der Waals surface area contributed by atoms with Crippen LogP contribution in [0.3, 0.4) is 0 Å². The average Bonchev–Trinajstić information content (AvgIpc) is 2.90. The third kappa shape index (κ3) is 10.4. The van der Waals surface area contributed by atoms with Gasteiger partial charge in [0.1, 0.15) is 30.5 Å². The van der Waals surface area contributed by atoms with Crippen LogP contribution >= 0.6 is 0 Å². The highest BCUT2D eigenvalue weighted by Gasteiger charge is 2.04. The minimum Gasteiger partial charge on any atom is -0.494 e. The SMILES string of the molecule is CCCCCCCOc1ccc(NC(=O)CNc2ccc(OCCOc3ccccc3)cc2)cc1. The fourth-order valence-corrected chi connectivity index (χ4v) is 3.42. The quantitative estimate of drug-likeness (QED) is 0.230. The Morgan fingerprint density at radius 2 is 1.17 bits per heavy atom. The number of hydrogen-bond acceptors (Lipinski definition) is 5. The van der Waals surface area contributed by atoms with Gasteiger partial charge >= 0.3 is 0 Å². The predicted molar refractivity (Wildman–Crippen MR) is 142 cm³/mol. The lowest BCUT2D eigenvalue weighted by molar-refractivity contribution is -0.114. The molecule has 3 aromatic carbocycles. The maximum absolute atomic E-state index is 12.3. The van der Waals surface area contributed by atoms with E-state index in [0.29, 0.717) is 13.2 Å². The summed E-state index contributed by atoms with van der Waals surface area (Å²) in [5, 5.41) is 6.02. The largest absolute Gasteiger partial charge is 0.494 e. The first-order valence-electron chi connectivity index (χ1n) is 12.4. The molecule has 0 bridgehead atoms. The number of ether oxygens (including phenoxy) is 3. The Labute approximate surface area is 208 Å². The summed E-state index contributed by atoms with van der Waals surface area (Å²) in [4.78, 5) is 12.3. The second-order valence-corrected chi connectivity index (χ2v) is 8.22. The van der Waals surface area contributed by atoms with Crippen LogP contribution in [0.5, 0.6) is 17.2 Å². The molecule has 6 nitrogen and oxygen atoms in total. The number of anilines is 2. The topological polar surface area (TPSA) is 68.8 Å². The first-order valence-corrected chi connectivity index (χ1v) is 12.4. The van der Waals surface area contributed by atoms with E-state index in [1.165, 1.54) is 25.7 Å². The molecule has 0 fully saturated rings. The zero-order chi connectivity index (χ0) is 24.6. The van der Waals surface area contributed by atoms with Crippen molar-refractivity contribution in [3.8, 4) is 17.2 Å². The second kappa shape index (κ2) is 15.3. The maximum Gasteiger partial charge on any atom is 0.243 e. The number of benzene rings is 3. The molecule has 1 amide bonds. The zero-order valence-electron chi connectivity index (χ0n) is 20.5. The number of carbonyl (C=O) groups excluding carboxylic acids is 1. The van der Waals surface area contributed by atoms with Crippen molar-refractivity contribution in [2.24, 2.45) is 0 Å². The summed E-state index contributed by atoms with van der Waals surface area (Å²) in [6.45, 7) is 4.03. The van der Waals surface area contributed by atoms with Gasteiger partial charge in [0.15, 0.2) is 0 Å². The van der Waals surface area contributed by atoms with Crippen molar-refractivity contribution in [3.63, 3.8) is 0 Å². The molecule has 6 heteroatoms. The molecular formula is C29H36N2O4. The average molecular weight is 477 g/mol. The lowest BCUT2D eigenvalue weighted by atomic mass is 10.2. The maximum atomic E-state index is 12.3. The summed E-state index contributed by atoms with van der Waals surface area (Å²) in [7, 11) is 0. The van der Waals surface area contributed by atoms with Gasteiger partial charge in [-0.2, -0.15) is 0 Å². The molecule has 0 aliphatic heterocycles. The first-order chi connectivity index (χ1) is 17.2. The van der Waals surface area contributed by atoms with Crippen LogP contribution < -0.4 is 24.8 Å². The van der Waals surface area contributed by atoms with Gasteiger partial charge in [-0.1, -0.05) is 50.8 Å². The molecule has 2 N–H and O–H groups in total. The van der Waals surface area contributed by atoms with Gasteiger partial charge in [0, 0.05) is 11.4 Å². The van der Waals surface area contributed by atoms with Crippen LogP contribution in [0.25, 0.3) is 0 Å². The van der Waals surface area contributed by atoms with Gasteiger partial charge < -0.3 is 24.8 Å². The highest BCUT2D eigenvalue weighted by atomic mass is 16.5. The fourth-order valence-electron chi connectivity index (χ4n) is 3.42. The van der Waals surface area contributed by atoms with E-state index in [4.69, 9.17) is 14.2 Å². The molecule has 0 spiro atoms. The van der Waals surface area contributed by atoms with Crippen LogP contribution in [0, 0.1) is 0 Å². The summed E-state index contributed by atoms with van der Waals surface area (Å²) >= 11 is 0. The fraction of sp³-hybridized carbons (Fsp3) is 0.345. The minimum atomic E-state index is -0.118. The molecule has 0 aromatic heterocycles. The number of carbonyl (C=O) groups is 1. The molecule has 0 aliphatic carbocycles. The summed E-state index contributed by atoms with van der Waals surface area (Å²) in [5.74, 6) is 2.28. The van der Waals surface area contributed by atoms with Crippen LogP contribution in [0.15, 0.2) is 78.9 Å². The molecule has 35 heavy (non-hydrogen) atoms. The van der Waals surface area contributed by atoms with E-state index in [1.807, 2.05) is 78.9 Å². The number of nitrogens with one attached hydrogen (secondary N) is 2. The predicted octanol–water partition coefficient (Wildman–Crippen LogP) is 6.54. The zero-order valence-corrected chi connectivity index (χ0v) is 20.5. The van der Waals surface area contributed by atoms with E-state index in [-0.39, 0.29) is 12.5 Å². The van der Waals surface area contributed by atoms with Gasteiger partial charge in [-0.25, -0.2) is 0 Å². The highest BCUT2D eigenvalue weighted by molar-refractivity contribution is 5.93. The van der Waals surface area contributed by atoms with E-state index >= 15 is 0 Å². The summed E-state index contributed by atoms with van der Waals surface area (Å²) in [5.41, 5.74) is 1.59. The van der Waals surface area contributed by atoms with Crippen LogP contribution in [-0.2, 0) is 4.79 Å². The van der Waals surface area contributed by atoms with Crippen molar-refractivity contribution >= 4 is 17.3 Å².